The summed E-state index contributed by atoms with van der Waals surface area (Å²) in [5, 5.41) is 8.90. The molecule has 1 aliphatic carbocycles. The summed E-state index contributed by atoms with van der Waals surface area (Å²) in [6.07, 6.45) is 9.49. The second-order valence-electron chi connectivity index (χ2n) is 3.50. The van der Waals surface area contributed by atoms with E-state index in [1.54, 1.807) is 6.20 Å². The molecule has 0 saturated heterocycles. The van der Waals surface area contributed by atoms with Gasteiger partial charge in [0.15, 0.2) is 0 Å². The maximum absolute atomic E-state index is 8.90. The predicted molar refractivity (Wildman–Crippen MR) is 50.2 cm³/mol. The Kier molecular flexibility index (Phi) is 2.27. The molecule has 1 aromatic heterocycles. The minimum absolute atomic E-state index is 0.777. The molecule has 1 heterocycles. The molecule has 13 heavy (non-hydrogen) atoms. The summed E-state index contributed by atoms with van der Waals surface area (Å²) in [7, 11) is 0. The Balaban J connectivity index is 2.47. The Labute approximate surface area is 78.2 Å². The van der Waals surface area contributed by atoms with Gasteiger partial charge in [-0.15, -0.1) is 0 Å². The smallest absolute Gasteiger partial charge is 0.101 e. The number of hydrogen-bond acceptors (Lipinski definition) is 2. The number of pyridine rings is 1. The molecule has 0 N–H and O–H groups in total. The van der Waals surface area contributed by atoms with Crippen LogP contribution < -0.4 is 0 Å². The molecule has 0 aromatic carbocycles. The maximum Gasteiger partial charge on any atom is 0.101 e. The zero-order valence-electron chi connectivity index (χ0n) is 7.58. The number of aryl methyl sites for hydroxylation is 1. The zero-order valence-corrected chi connectivity index (χ0v) is 7.58. The summed E-state index contributed by atoms with van der Waals surface area (Å²) < 4.78 is 0. The SMILES string of the molecule is N#Cc1cncc2c1CCCCC2. The summed E-state index contributed by atoms with van der Waals surface area (Å²) in [5.74, 6) is 0. The van der Waals surface area contributed by atoms with Crippen molar-refractivity contribution < 1.29 is 0 Å². The van der Waals surface area contributed by atoms with E-state index in [0.717, 1.165) is 18.4 Å². The van der Waals surface area contributed by atoms with E-state index in [2.05, 4.69) is 11.1 Å². The van der Waals surface area contributed by atoms with Crippen LogP contribution in [0.3, 0.4) is 0 Å². The molecule has 2 nitrogen and oxygen atoms in total. The van der Waals surface area contributed by atoms with Crippen LogP contribution in [0, 0.1) is 11.3 Å². The highest BCUT2D eigenvalue weighted by molar-refractivity contribution is 5.40. The molecule has 2 heteroatoms. The van der Waals surface area contributed by atoms with Crippen LogP contribution in [0.25, 0.3) is 0 Å². The van der Waals surface area contributed by atoms with Gasteiger partial charge < -0.3 is 0 Å². The Hall–Kier alpha value is -1.36. The number of hydrogen-bond donors (Lipinski definition) is 0. The molecule has 0 unspecified atom stereocenters. The molecule has 0 atom stereocenters. The van der Waals surface area contributed by atoms with Crippen molar-refractivity contribution in [2.45, 2.75) is 32.1 Å². The summed E-state index contributed by atoms with van der Waals surface area (Å²) in [6, 6.07) is 2.22. The van der Waals surface area contributed by atoms with Crippen molar-refractivity contribution >= 4 is 0 Å². The molecule has 0 amide bonds. The fourth-order valence-corrected chi connectivity index (χ4v) is 1.93. The Morgan fingerprint density at radius 3 is 2.85 bits per heavy atom. The van der Waals surface area contributed by atoms with Crippen molar-refractivity contribution in [1.29, 1.82) is 5.26 Å². The lowest BCUT2D eigenvalue weighted by Crippen LogP contribution is -1.96. The first-order valence-corrected chi connectivity index (χ1v) is 4.77. The van der Waals surface area contributed by atoms with Crippen molar-refractivity contribution in [2.75, 3.05) is 0 Å². The van der Waals surface area contributed by atoms with Crippen LogP contribution in [0.4, 0.5) is 0 Å². The number of aromatic nitrogens is 1. The van der Waals surface area contributed by atoms with E-state index in [-0.39, 0.29) is 0 Å². The van der Waals surface area contributed by atoms with Crippen molar-refractivity contribution in [1.82, 2.24) is 4.98 Å². The molecule has 0 bridgehead atoms. The summed E-state index contributed by atoms with van der Waals surface area (Å²) >= 11 is 0. The maximum atomic E-state index is 8.90. The first-order valence-electron chi connectivity index (χ1n) is 4.77. The first-order chi connectivity index (χ1) is 6.42. The van der Waals surface area contributed by atoms with Crippen molar-refractivity contribution in [3.8, 4) is 6.07 Å². The lowest BCUT2D eigenvalue weighted by molar-refractivity contribution is 0.711. The largest absolute Gasteiger partial charge is 0.263 e. The topological polar surface area (TPSA) is 36.7 Å². The van der Waals surface area contributed by atoms with Gasteiger partial charge in [0.25, 0.3) is 0 Å². The highest BCUT2D eigenvalue weighted by Crippen LogP contribution is 2.22. The van der Waals surface area contributed by atoms with Gasteiger partial charge in [0, 0.05) is 12.4 Å². The molecule has 0 aliphatic heterocycles. The number of nitrogens with zero attached hydrogens (tertiary/aromatic N) is 2. The van der Waals surface area contributed by atoms with Crippen molar-refractivity contribution in [3.05, 3.63) is 29.1 Å². The van der Waals surface area contributed by atoms with E-state index in [1.807, 2.05) is 6.20 Å². The van der Waals surface area contributed by atoms with E-state index < -0.39 is 0 Å². The van der Waals surface area contributed by atoms with Crippen LogP contribution in [0.2, 0.25) is 0 Å². The number of rotatable bonds is 0. The van der Waals surface area contributed by atoms with Gasteiger partial charge in [0.2, 0.25) is 0 Å². The van der Waals surface area contributed by atoms with Gasteiger partial charge in [0.05, 0.1) is 5.56 Å². The first kappa shape index (κ1) is 8.25. The normalized spacial score (nSPS) is 15.6. The standard InChI is InChI=1S/C11H12N2/c12-6-10-8-13-7-9-4-2-1-3-5-11(9)10/h7-8H,1-5H2. The fraction of sp³-hybridized carbons (Fsp3) is 0.455. The second kappa shape index (κ2) is 3.57. The monoisotopic (exact) mass is 172 g/mol. The number of fused-ring (bicyclic) bond motifs is 1. The van der Waals surface area contributed by atoms with E-state index in [4.69, 9.17) is 5.26 Å². The Morgan fingerprint density at radius 1 is 1.15 bits per heavy atom. The third kappa shape index (κ3) is 1.55. The van der Waals surface area contributed by atoms with E-state index in [9.17, 15) is 0 Å². The Bertz CT molecular complexity index is 350. The molecule has 2 rings (SSSR count). The van der Waals surface area contributed by atoms with Crippen LogP contribution in [0.1, 0.15) is 36.0 Å². The summed E-state index contributed by atoms with van der Waals surface area (Å²) in [6.45, 7) is 0. The molecule has 1 aliphatic rings. The minimum atomic E-state index is 0.777. The fourth-order valence-electron chi connectivity index (χ4n) is 1.93. The highest BCUT2D eigenvalue weighted by Gasteiger charge is 2.11. The van der Waals surface area contributed by atoms with Crippen LogP contribution in [-0.2, 0) is 12.8 Å². The summed E-state index contributed by atoms with van der Waals surface area (Å²) in [5.41, 5.74) is 3.31. The predicted octanol–water partition coefficient (Wildman–Crippen LogP) is 2.22. The second-order valence-corrected chi connectivity index (χ2v) is 3.50. The van der Waals surface area contributed by atoms with Gasteiger partial charge in [-0.05, 0) is 36.8 Å². The lowest BCUT2D eigenvalue weighted by Gasteiger charge is -2.05. The minimum Gasteiger partial charge on any atom is -0.263 e. The molecular formula is C11H12N2. The van der Waals surface area contributed by atoms with Gasteiger partial charge in [-0.3, -0.25) is 4.98 Å². The van der Waals surface area contributed by atoms with Gasteiger partial charge >= 0.3 is 0 Å². The summed E-state index contributed by atoms with van der Waals surface area (Å²) in [4.78, 5) is 4.09. The third-order valence-corrected chi connectivity index (χ3v) is 2.64. The van der Waals surface area contributed by atoms with E-state index in [0.29, 0.717) is 0 Å². The van der Waals surface area contributed by atoms with Crippen LogP contribution in [0.5, 0.6) is 0 Å². The third-order valence-electron chi connectivity index (χ3n) is 2.64. The average molecular weight is 172 g/mol. The lowest BCUT2D eigenvalue weighted by atomic mass is 10.0. The molecular weight excluding hydrogens is 160 g/mol. The molecule has 1 aromatic rings. The van der Waals surface area contributed by atoms with Gasteiger partial charge in [-0.1, -0.05) is 6.42 Å². The van der Waals surface area contributed by atoms with Crippen LogP contribution in [-0.4, -0.2) is 4.98 Å². The molecule has 66 valence electrons. The van der Waals surface area contributed by atoms with E-state index >= 15 is 0 Å². The van der Waals surface area contributed by atoms with Gasteiger partial charge in [-0.2, -0.15) is 5.26 Å². The molecule has 0 radical (unpaired) electrons. The molecule has 0 fully saturated rings. The number of nitriles is 1. The van der Waals surface area contributed by atoms with E-state index in [1.165, 1.54) is 30.4 Å². The molecule has 0 saturated carbocycles. The molecule has 0 spiro atoms. The van der Waals surface area contributed by atoms with Crippen LogP contribution in [0.15, 0.2) is 12.4 Å². The van der Waals surface area contributed by atoms with Crippen molar-refractivity contribution in [2.24, 2.45) is 0 Å². The average Bonchev–Trinajstić information content (AvgIpc) is 2.41. The quantitative estimate of drug-likeness (QED) is 0.562. The van der Waals surface area contributed by atoms with Gasteiger partial charge in [-0.25, -0.2) is 0 Å². The van der Waals surface area contributed by atoms with Crippen molar-refractivity contribution in [3.63, 3.8) is 0 Å². The Morgan fingerprint density at radius 2 is 2.00 bits per heavy atom. The van der Waals surface area contributed by atoms with Crippen LogP contribution >= 0.6 is 0 Å². The van der Waals surface area contributed by atoms with Gasteiger partial charge in [0.1, 0.15) is 6.07 Å². The highest BCUT2D eigenvalue weighted by atomic mass is 14.6. The zero-order chi connectivity index (χ0) is 9.10.